The molecule has 1 atom stereocenters. The molecule has 2 nitrogen and oxygen atoms in total. The van der Waals surface area contributed by atoms with Crippen molar-refractivity contribution in [3.05, 3.63) is 35.6 Å². The lowest BCUT2D eigenvalue weighted by Crippen LogP contribution is -2.45. The number of rotatable bonds is 4. The van der Waals surface area contributed by atoms with E-state index in [-0.39, 0.29) is 18.8 Å². The lowest BCUT2D eigenvalue weighted by molar-refractivity contribution is 0.0725. The van der Waals surface area contributed by atoms with Gasteiger partial charge >= 0.3 is 0 Å². The molecule has 0 bridgehead atoms. The molecule has 0 amide bonds. The van der Waals surface area contributed by atoms with Crippen LogP contribution in [0.3, 0.4) is 0 Å². The lowest BCUT2D eigenvalue weighted by atomic mass is 10.0. The third kappa shape index (κ3) is 4.37. The topological polar surface area (TPSA) is 15.3 Å². The smallest absolute Gasteiger partial charge is 0.240 e. The van der Waals surface area contributed by atoms with Crippen LogP contribution < -0.4 is 5.32 Å². The Bertz CT molecular complexity index is 384. The Kier molecular flexibility index (Phi) is 6.62. The van der Waals surface area contributed by atoms with Crippen LogP contribution in [0.2, 0.25) is 0 Å². The van der Waals surface area contributed by atoms with Gasteiger partial charge < -0.3 is 5.32 Å². The molecular weight excluding hydrogens is 277 g/mol. The molecule has 6 heteroatoms. The lowest BCUT2D eigenvalue weighted by Gasteiger charge is -2.35. The number of halogens is 4. The molecule has 108 valence electrons. The van der Waals surface area contributed by atoms with Crippen LogP contribution in [0.5, 0.6) is 0 Å². The summed E-state index contributed by atoms with van der Waals surface area (Å²) in [6.45, 7) is 2.86. The van der Waals surface area contributed by atoms with Crippen molar-refractivity contribution < 1.29 is 13.2 Å². The van der Waals surface area contributed by atoms with E-state index in [1.165, 1.54) is 6.07 Å². The molecule has 0 aromatic heterocycles. The van der Waals surface area contributed by atoms with Crippen LogP contribution in [-0.4, -0.2) is 37.5 Å². The normalized spacial score (nSPS) is 18.1. The molecule has 19 heavy (non-hydrogen) atoms. The van der Waals surface area contributed by atoms with Crippen LogP contribution in [0, 0.1) is 5.82 Å². The Morgan fingerprint density at radius 3 is 2.37 bits per heavy atom. The summed E-state index contributed by atoms with van der Waals surface area (Å²) in [7, 11) is 0. The van der Waals surface area contributed by atoms with Gasteiger partial charge in [0.05, 0.1) is 0 Å². The molecule has 1 N–H and O–H groups in total. The van der Waals surface area contributed by atoms with Gasteiger partial charge in [0, 0.05) is 44.2 Å². The number of nitrogens with zero attached hydrogens (tertiary/aromatic N) is 1. The van der Waals surface area contributed by atoms with Gasteiger partial charge in [0.15, 0.2) is 0 Å². The first-order valence-electron chi connectivity index (χ1n) is 6.16. The van der Waals surface area contributed by atoms with Gasteiger partial charge in [-0.15, -0.1) is 12.4 Å². The highest BCUT2D eigenvalue weighted by Crippen LogP contribution is 2.29. The Hall–Kier alpha value is -0.780. The summed E-state index contributed by atoms with van der Waals surface area (Å²) in [6.07, 6.45) is -2.74. The minimum absolute atomic E-state index is 0. The van der Waals surface area contributed by atoms with Crippen LogP contribution in [-0.2, 0) is 0 Å². The van der Waals surface area contributed by atoms with E-state index in [0.717, 1.165) is 13.1 Å². The monoisotopic (exact) mass is 294 g/mol. The third-order valence-corrected chi connectivity index (χ3v) is 3.26. The second kappa shape index (κ2) is 7.72. The van der Waals surface area contributed by atoms with E-state index in [1.807, 2.05) is 4.90 Å². The van der Waals surface area contributed by atoms with Gasteiger partial charge in [-0.1, -0.05) is 18.2 Å². The second-order valence-corrected chi connectivity index (χ2v) is 4.45. The highest BCUT2D eigenvalue weighted by atomic mass is 35.5. The van der Waals surface area contributed by atoms with Crippen LogP contribution in [0.15, 0.2) is 24.3 Å². The van der Waals surface area contributed by atoms with Crippen LogP contribution >= 0.6 is 12.4 Å². The maximum Gasteiger partial charge on any atom is 0.240 e. The van der Waals surface area contributed by atoms with E-state index in [2.05, 4.69) is 5.32 Å². The van der Waals surface area contributed by atoms with E-state index in [0.29, 0.717) is 18.7 Å². The van der Waals surface area contributed by atoms with E-state index in [9.17, 15) is 13.2 Å². The molecule has 1 aromatic carbocycles. The van der Waals surface area contributed by atoms with Crippen molar-refractivity contribution in [3.8, 4) is 0 Å². The Morgan fingerprint density at radius 1 is 1.16 bits per heavy atom. The molecular formula is C13H18ClF3N2. The number of hydrogen-bond acceptors (Lipinski definition) is 2. The molecule has 0 unspecified atom stereocenters. The molecule has 0 spiro atoms. The van der Waals surface area contributed by atoms with Crippen molar-refractivity contribution in [3.63, 3.8) is 0 Å². The fraction of sp³-hybridized carbons (Fsp3) is 0.538. The summed E-state index contributed by atoms with van der Waals surface area (Å²) in [4.78, 5) is 1.93. The van der Waals surface area contributed by atoms with E-state index < -0.39 is 18.3 Å². The van der Waals surface area contributed by atoms with Gasteiger partial charge in [0.1, 0.15) is 5.82 Å². The predicted molar refractivity (Wildman–Crippen MR) is 71.5 cm³/mol. The molecule has 0 aliphatic carbocycles. The minimum atomic E-state index is -2.43. The van der Waals surface area contributed by atoms with Gasteiger partial charge in [-0.2, -0.15) is 0 Å². The fourth-order valence-corrected chi connectivity index (χ4v) is 2.38. The number of benzene rings is 1. The molecule has 1 aliphatic heterocycles. The first-order valence-corrected chi connectivity index (χ1v) is 6.16. The van der Waals surface area contributed by atoms with Crippen molar-refractivity contribution in [2.45, 2.75) is 18.9 Å². The maximum absolute atomic E-state index is 13.8. The zero-order valence-corrected chi connectivity index (χ0v) is 11.3. The fourth-order valence-electron chi connectivity index (χ4n) is 2.38. The summed E-state index contributed by atoms with van der Waals surface area (Å²) in [5.74, 6) is -0.401. The molecule has 2 rings (SSSR count). The maximum atomic E-state index is 13.8. The van der Waals surface area contributed by atoms with Crippen molar-refractivity contribution >= 4 is 12.4 Å². The highest BCUT2D eigenvalue weighted by Gasteiger charge is 2.27. The van der Waals surface area contributed by atoms with Crippen LogP contribution in [0.25, 0.3) is 0 Å². The van der Waals surface area contributed by atoms with Gasteiger partial charge in [-0.3, -0.25) is 4.90 Å². The standard InChI is InChI=1S/C13H17F3N2.ClH/c14-11-4-2-1-3-10(11)12(9-13(15)16)18-7-5-17-6-8-18;/h1-4,12-13,17H,5-9H2;1H/t12-;/m1./s1. The minimum Gasteiger partial charge on any atom is -0.314 e. The van der Waals surface area contributed by atoms with Crippen molar-refractivity contribution in [1.82, 2.24) is 10.2 Å². The highest BCUT2D eigenvalue weighted by molar-refractivity contribution is 5.85. The quantitative estimate of drug-likeness (QED) is 0.919. The van der Waals surface area contributed by atoms with E-state index in [1.54, 1.807) is 18.2 Å². The van der Waals surface area contributed by atoms with Crippen LogP contribution in [0.1, 0.15) is 18.0 Å². The van der Waals surface area contributed by atoms with Crippen molar-refractivity contribution in [2.24, 2.45) is 0 Å². The molecule has 1 aromatic rings. The molecule has 1 aliphatic rings. The zero-order chi connectivity index (χ0) is 13.0. The first-order chi connectivity index (χ1) is 8.68. The summed E-state index contributed by atoms with van der Waals surface area (Å²) >= 11 is 0. The predicted octanol–water partition coefficient (Wildman–Crippen LogP) is 2.85. The number of alkyl halides is 2. The van der Waals surface area contributed by atoms with Gasteiger partial charge in [-0.25, -0.2) is 13.2 Å². The summed E-state index contributed by atoms with van der Waals surface area (Å²) in [5.41, 5.74) is 0.375. The van der Waals surface area contributed by atoms with Crippen LogP contribution in [0.4, 0.5) is 13.2 Å². The number of nitrogens with one attached hydrogen (secondary N) is 1. The van der Waals surface area contributed by atoms with Gasteiger partial charge in [0.2, 0.25) is 6.43 Å². The van der Waals surface area contributed by atoms with E-state index in [4.69, 9.17) is 0 Å². The number of hydrogen-bond donors (Lipinski definition) is 1. The summed E-state index contributed by atoms with van der Waals surface area (Å²) in [5, 5.41) is 3.17. The molecule has 1 heterocycles. The van der Waals surface area contributed by atoms with Crippen molar-refractivity contribution in [1.29, 1.82) is 0 Å². The molecule has 1 fully saturated rings. The SMILES string of the molecule is Cl.Fc1ccccc1[C@@H](CC(F)F)N1CCNCC1. The average Bonchev–Trinajstić information content (AvgIpc) is 2.38. The van der Waals surface area contributed by atoms with E-state index >= 15 is 0 Å². The zero-order valence-electron chi connectivity index (χ0n) is 10.5. The summed E-state index contributed by atoms with van der Waals surface area (Å²) in [6, 6.07) is 5.67. The molecule has 0 saturated carbocycles. The Balaban J connectivity index is 0.00000180. The average molecular weight is 295 g/mol. The van der Waals surface area contributed by atoms with Gasteiger partial charge in [0.25, 0.3) is 0 Å². The molecule has 1 saturated heterocycles. The summed E-state index contributed by atoms with van der Waals surface area (Å²) < 4.78 is 39.1. The van der Waals surface area contributed by atoms with Gasteiger partial charge in [-0.05, 0) is 6.07 Å². The second-order valence-electron chi connectivity index (χ2n) is 4.45. The van der Waals surface area contributed by atoms with Crippen molar-refractivity contribution in [2.75, 3.05) is 26.2 Å². The third-order valence-electron chi connectivity index (χ3n) is 3.26. The molecule has 0 radical (unpaired) electrons. The Labute approximate surface area is 117 Å². The number of piperazine rings is 1. The first kappa shape index (κ1) is 16.3. The Morgan fingerprint density at radius 2 is 1.79 bits per heavy atom. The largest absolute Gasteiger partial charge is 0.314 e.